The van der Waals surface area contributed by atoms with Crippen LogP contribution in [0.1, 0.15) is 56.6 Å². The van der Waals surface area contributed by atoms with E-state index in [4.69, 9.17) is 4.98 Å². The second-order valence-electron chi connectivity index (χ2n) is 5.35. The van der Waals surface area contributed by atoms with Gasteiger partial charge in [0.15, 0.2) is 5.82 Å². The zero-order valence-corrected chi connectivity index (χ0v) is 11.4. The molecule has 0 N–H and O–H groups in total. The molecular formula is C13H21N3S. The molecule has 94 valence electrons. The largest absolute Gasteiger partial charge is 0.250 e. The van der Waals surface area contributed by atoms with Gasteiger partial charge < -0.3 is 0 Å². The number of hydrogen-bond donors (Lipinski definition) is 0. The lowest BCUT2D eigenvalue weighted by atomic mass is 10.0. The van der Waals surface area contributed by atoms with E-state index >= 15 is 0 Å². The highest BCUT2D eigenvalue weighted by atomic mass is 32.2. The van der Waals surface area contributed by atoms with Gasteiger partial charge in [-0.1, -0.05) is 13.3 Å². The predicted octanol–water partition coefficient (Wildman–Crippen LogP) is 3.00. The molecule has 1 aromatic rings. The molecule has 0 aromatic carbocycles. The summed E-state index contributed by atoms with van der Waals surface area (Å²) in [6.45, 7) is 3.35. The molecule has 17 heavy (non-hydrogen) atoms. The minimum Gasteiger partial charge on any atom is -0.250 e. The van der Waals surface area contributed by atoms with Crippen LogP contribution in [-0.2, 0) is 13.0 Å². The van der Waals surface area contributed by atoms with Crippen molar-refractivity contribution in [3.05, 3.63) is 11.6 Å². The molecule has 0 aliphatic carbocycles. The molecular weight excluding hydrogens is 230 g/mol. The van der Waals surface area contributed by atoms with E-state index in [9.17, 15) is 0 Å². The van der Waals surface area contributed by atoms with Crippen LogP contribution in [0.2, 0.25) is 0 Å². The third-order valence-corrected chi connectivity index (χ3v) is 5.27. The maximum absolute atomic E-state index is 4.76. The van der Waals surface area contributed by atoms with Gasteiger partial charge in [0.25, 0.3) is 0 Å². The summed E-state index contributed by atoms with van der Waals surface area (Å²) in [4.78, 5) is 4.76. The topological polar surface area (TPSA) is 30.7 Å². The van der Waals surface area contributed by atoms with Crippen LogP contribution >= 0.6 is 11.8 Å². The standard InChI is InChI=1S/C13H21N3S/c1-10-5-4-7-16-13(10)14-12(15-16)9-11-6-2-3-8-17-11/h10-11H,2-9H2,1H3. The van der Waals surface area contributed by atoms with E-state index in [2.05, 4.69) is 28.5 Å². The molecule has 0 amide bonds. The van der Waals surface area contributed by atoms with Crippen molar-refractivity contribution in [3.63, 3.8) is 0 Å². The summed E-state index contributed by atoms with van der Waals surface area (Å²) in [7, 11) is 0. The highest BCUT2D eigenvalue weighted by Crippen LogP contribution is 2.29. The summed E-state index contributed by atoms with van der Waals surface area (Å²) in [6.07, 6.45) is 7.75. The fourth-order valence-electron chi connectivity index (χ4n) is 2.87. The van der Waals surface area contributed by atoms with Gasteiger partial charge in [-0.25, -0.2) is 9.67 Å². The maximum Gasteiger partial charge on any atom is 0.152 e. The Morgan fingerprint density at radius 3 is 3.00 bits per heavy atom. The predicted molar refractivity (Wildman–Crippen MR) is 71.5 cm³/mol. The fraction of sp³-hybridized carbons (Fsp3) is 0.846. The molecule has 4 heteroatoms. The van der Waals surface area contributed by atoms with E-state index in [1.54, 1.807) is 0 Å². The van der Waals surface area contributed by atoms with E-state index in [0.29, 0.717) is 5.92 Å². The molecule has 0 spiro atoms. The zero-order chi connectivity index (χ0) is 11.7. The quantitative estimate of drug-likeness (QED) is 0.809. The first-order chi connectivity index (χ1) is 8.33. The SMILES string of the molecule is CC1CCCn2nc(CC3CCCCS3)nc21. The average molecular weight is 251 g/mol. The van der Waals surface area contributed by atoms with Crippen LogP contribution in [-0.4, -0.2) is 25.8 Å². The summed E-state index contributed by atoms with van der Waals surface area (Å²) in [5.74, 6) is 4.25. The van der Waals surface area contributed by atoms with Gasteiger partial charge in [-0.05, 0) is 31.4 Å². The summed E-state index contributed by atoms with van der Waals surface area (Å²) < 4.78 is 2.15. The van der Waals surface area contributed by atoms with Gasteiger partial charge in [-0.2, -0.15) is 16.9 Å². The average Bonchev–Trinajstić information content (AvgIpc) is 2.74. The molecule has 1 fully saturated rings. The van der Waals surface area contributed by atoms with Crippen molar-refractivity contribution in [3.8, 4) is 0 Å². The number of aryl methyl sites for hydroxylation is 1. The normalized spacial score (nSPS) is 29.0. The number of hydrogen-bond acceptors (Lipinski definition) is 3. The number of thioether (sulfide) groups is 1. The molecule has 0 saturated carbocycles. The van der Waals surface area contributed by atoms with Crippen LogP contribution in [0.15, 0.2) is 0 Å². The molecule has 3 nitrogen and oxygen atoms in total. The Hall–Kier alpha value is -0.510. The van der Waals surface area contributed by atoms with Gasteiger partial charge in [0.2, 0.25) is 0 Å². The van der Waals surface area contributed by atoms with Gasteiger partial charge in [-0.15, -0.1) is 0 Å². The lowest BCUT2D eigenvalue weighted by Crippen LogP contribution is -2.15. The van der Waals surface area contributed by atoms with Crippen molar-refractivity contribution < 1.29 is 0 Å². The molecule has 1 aromatic heterocycles. The number of aromatic nitrogens is 3. The molecule has 2 unspecified atom stereocenters. The summed E-state index contributed by atoms with van der Waals surface area (Å²) >= 11 is 2.12. The van der Waals surface area contributed by atoms with Gasteiger partial charge in [-0.3, -0.25) is 0 Å². The molecule has 3 rings (SSSR count). The van der Waals surface area contributed by atoms with Crippen molar-refractivity contribution in [2.45, 2.75) is 63.2 Å². The lowest BCUT2D eigenvalue weighted by Gasteiger charge is -2.19. The molecule has 1 saturated heterocycles. The molecule has 0 radical (unpaired) electrons. The third-order valence-electron chi connectivity index (χ3n) is 3.88. The molecule has 2 aliphatic heterocycles. The lowest BCUT2D eigenvalue weighted by molar-refractivity contribution is 0.431. The Kier molecular flexibility index (Phi) is 3.41. The van der Waals surface area contributed by atoms with Crippen LogP contribution in [0.3, 0.4) is 0 Å². The fourth-order valence-corrected chi connectivity index (χ4v) is 4.17. The smallest absolute Gasteiger partial charge is 0.152 e. The summed E-state index contributed by atoms with van der Waals surface area (Å²) in [5.41, 5.74) is 0. The van der Waals surface area contributed by atoms with Crippen molar-refractivity contribution in [1.29, 1.82) is 0 Å². The Morgan fingerprint density at radius 1 is 1.29 bits per heavy atom. The Balaban J connectivity index is 1.71. The second-order valence-corrected chi connectivity index (χ2v) is 6.75. The highest BCUT2D eigenvalue weighted by molar-refractivity contribution is 7.99. The Morgan fingerprint density at radius 2 is 2.24 bits per heavy atom. The zero-order valence-electron chi connectivity index (χ0n) is 10.6. The third kappa shape index (κ3) is 2.51. The van der Waals surface area contributed by atoms with Crippen molar-refractivity contribution in [2.75, 3.05) is 5.75 Å². The first-order valence-corrected chi connectivity index (χ1v) is 7.93. The molecule has 2 atom stereocenters. The van der Waals surface area contributed by atoms with Crippen molar-refractivity contribution in [1.82, 2.24) is 14.8 Å². The van der Waals surface area contributed by atoms with Crippen LogP contribution in [0, 0.1) is 0 Å². The first kappa shape index (κ1) is 11.6. The van der Waals surface area contributed by atoms with Crippen molar-refractivity contribution in [2.24, 2.45) is 0 Å². The van der Waals surface area contributed by atoms with Gasteiger partial charge in [0.1, 0.15) is 5.82 Å². The molecule has 3 heterocycles. The van der Waals surface area contributed by atoms with E-state index in [1.807, 2.05) is 0 Å². The highest BCUT2D eigenvalue weighted by Gasteiger charge is 2.22. The number of fused-ring (bicyclic) bond motifs is 1. The minimum atomic E-state index is 0.601. The van der Waals surface area contributed by atoms with E-state index < -0.39 is 0 Å². The van der Waals surface area contributed by atoms with Crippen LogP contribution in [0.5, 0.6) is 0 Å². The van der Waals surface area contributed by atoms with Gasteiger partial charge in [0.05, 0.1) is 0 Å². The van der Waals surface area contributed by atoms with Crippen LogP contribution < -0.4 is 0 Å². The summed E-state index contributed by atoms with van der Waals surface area (Å²) in [5, 5.41) is 5.45. The first-order valence-electron chi connectivity index (χ1n) is 6.88. The number of rotatable bonds is 2. The number of nitrogens with zero attached hydrogens (tertiary/aromatic N) is 3. The molecule has 2 aliphatic rings. The van der Waals surface area contributed by atoms with Gasteiger partial charge in [0, 0.05) is 24.1 Å². The second kappa shape index (κ2) is 5.01. The van der Waals surface area contributed by atoms with Gasteiger partial charge >= 0.3 is 0 Å². The van der Waals surface area contributed by atoms with E-state index in [1.165, 1.54) is 43.7 Å². The minimum absolute atomic E-state index is 0.601. The van der Waals surface area contributed by atoms with E-state index in [-0.39, 0.29) is 0 Å². The monoisotopic (exact) mass is 251 g/mol. The van der Waals surface area contributed by atoms with Crippen LogP contribution in [0.4, 0.5) is 0 Å². The Labute approximate surface area is 107 Å². The van der Waals surface area contributed by atoms with Crippen LogP contribution in [0.25, 0.3) is 0 Å². The molecule has 0 bridgehead atoms. The van der Waals surface area contributed by atoms with E-state index in [0.717, 1.165) is 24.0 Å². The Bertz CT molecular complexity index is 382. The van der Waals surface area contributed by atoms with Crippen molar-refractivity contribution >= 4 is 11.8 Å². The summed E-state index contributed by atoms with van der Waals surface area (Å²) in [6, 6.07) is 0. The maximum atomic E-state index is 4.76.